The van der Waals surface area contributed by atoms with Crippen LogP contribution in [0.1, 0.15) is 28.2 Å². The molecule has 28 aromatic carbocycles. The Labute approximate surface area is 354 Å². The van der Waals surface area contributed by atoms with E-state index in [9.17, 15) is 4.80 Å². The molecule has 65 heavy (non-hydrogen) atoms. The van der Waals surface area contributed by atoms with Gasteiger partial charge in [0.25, 0.3) is 0 Å². The summed E-state index contributed by atoms with van der Waals surface area (Å²) >= 11 is 0. The second kappa shape index (κ2) is 5.26. The Morgan fingerprint density at radius 1 is 0.246 bits per heavy atom. The number of rotatable bonds is 2. The van der Waals surface area contributed by atoms with Crippen molar-refractivity contribution < 1.29 is 4.80 Å². The average Bonchev–Trinajstić information content (AvgIpc) is 4.12. The molecule has 2 heteroatoms. The fourth-order valence-corrected chi connectivity index (χ4v) is 26.2. The summed E-state index contributed by atoms with van der Waals surface area (Å²) in [6.07, 6.45) is 0. The fraction of sp³-hybridized carbons (Fsp3) is 0.0794. The van der Waals surface area contributed by atoms with Crippen LogP contribution in [0.5, 0.6) is 0 Å². The Hall–Kier alpha value is -7.36. The minimum atomic E-state index is -2.74. The normalized spacial score (nSPS) is 21.7. The topological polar surface area (TPSA) is 20.2 Å². The van der Waals surface area contributed by atoms with E-state index in [0.29, 0.717) is 0 Å². The Morgan fingerprint density at radius 2 is 0.385 bits per heavy atom. The van der Waals surface area contributed by atoms with Gasteiger partial charge in [-0.2, -0.15) is 0 Å². The van der Waals surface area contributed by atoms with Crippen LogP contribution in [0, 0.1) is 0 Å². The lowest BCUT2D eigenvalue weighted by Crippen LogP contribution is -2.44. The van der Waals surface area contributed by atoms with E-state index in [0.717, 1.165) is 6.04 Å². The molecule has 0 radical (unpaired) electrons. The largest absolute Gasteiger partial charge is 0.432 e. The summed E-state index contributed by atoms with van der Waals surface area (Å²) < 4.78 is 0. The molecule has 1 nitrogen and oxygen atoms in total. The monoisotopic (exact) mass is 810 g/mol. The molecule has 0 saturated carbocycles. The van der Waals surface area contributed by atoms with Gasteiger partial charge in [0.15, 0.2) is 8.32 Å². The zero-order valence-corrected chi connectivity index (χ0v) is 34.7. The van der Waals surface area contributed by atoms with Crippen molar-refractivity contribution in [2.24, 2.45) is 0 Å². The van der Waals surface area contributed by atoms with Crippen LogP contribution in [0.25, 0.3) is 291 Å². The quantitative estimate of drug-likeness (QED) is 0.136. The highest BCUT2D eigenvalue weighted by Crippen LogP contribution is 2.84. The highest BCUT2D eigenvalue weighted by atomic mass is 28.4. The van der Waals surface area contributed by atoms with Gasteiger partial charge < -0.3 is 4.80 Å². The maximum Gasteiger partial charge on any atom is 0.183 e. The predicted octanol–water partition coefficient (Wildman–Crippen LogP) is 17.3. The van der Waals surface area contributed by atoms with Crippen LogP contribution in [-0.2, 0) is 5.41 Å². The first-order valence-electron chi connectivity index (χ1n) is 24.5. The molecule has 0 aromatic heterocycles. The summed E-state index contributed by atoms with van der Waals surface area (Å²) in [5.41, 5.74) is 6.49. The molecular formula is C63H10OSi. The molecule has 4 aliphatic rings. The van der Waals surface area contributed by atoms with Crippen LogP contribution in [0.3, 0.4) is 0 Å². The first-order chi connectivity index (χ1) is 32.1. The third-order valence-electron chi connectivity index (χ3n) is 24.0. The SMILES string of the molecule is C[Si](C)(O)CC12c3c4c5c6c7c8c(c9c%10c1c1c3c3c%11c4c4c5c5c7c7c%12c8c8c9c9c%10c%10c1c1c3c3c%11c%11c4c4c5c7c5c7c%12c8c8c9c9c%10c1c1c3c3c%11c4c5c4c7c8c9c1c34)C62. The summed E-state index contributed by atoms with van der Waals surface area (Å²) in [4.78, 5) is 13.0. The lowest BCUT2D eigenvalue weighted by atomic mass is 9.58. The van der Waals surface area contributed by atoms with Crippen molar-refractivity contribution in [2.45, 2.75) is 30.5 Å². The van der Waals surface area contributed by atoms with Crippen LogP contribution >= 0.6 is 0 Å². The maximum absolute atomic E-state index is 13.0. The van der Waals surface area contributed by atoms with Crippen LogP contribution in [0.2, 0.25) is 19.1 Å². The second-order valence-electron chi connectivity index (χ2n) is 25.2. The van der Waals surface area contributed by atoms with Crippen LogP contribution in [0.15, 0.2) is 0 Å². The molecule has 1 N–H and O–H groups in total. The van der Waals surface area contributed by atoms with E-state index in [1.54, 1.807) is 313 Å². The van der Waals surface area contributed by atoms with E-state index in [1.807, 2.05) is 0 Å². The molecule has 0 bridgehead atoms. The van der Waals surface area contributed by atoms with Gasteiger partial charge in [-0.1, -0.05) is 0 Å². The predicted molar refractivity (Wildman–Crippen MR) is 279 cm³/mol. The molecule has 272 valence electrons. The van der Waals surface area contributed by atoms with Gasteiger partial charge in [0.2, 0.25) is 0 Å². The van der Waals surface area contributed by atoms with Crippen molar-refractivity contribution in [1.29, 1.82) is 0 Å². The molecule has 0 heterocycles. The Kier molecular flexibility index (Phi) is 1.95. The van der Waals surface area contributed by atoms with Crippen molar-refractivity contribution >= 4 is 299 Å². The molecular weight excluding hydrogens is 801 g/mol. The standard InChI is InChI=1S/C63H10OSi/c1-65(2,64)3-63-60-56-50-36-28-20-8-5-4-6-9(8)21-23-19-13(6)15-11-7(4)10-14-12(5)18-22(20)34(36)42-40-26(18)24(14)32-30-16(10)17(11)31-33-25(15)27(19)41-43-35(23)37(29(21)28)51(50)57(60)53(43)55-47(41)45(33)49-39(31)38(30)48-44(32)46(40)54(52(42)56)61(63)58(48)59(49)62(55)63/h60,64H,3H2,1-2H3. The molecule has 0 spiro atoms. The summed E-state index contributed by atoms with van der Waals surface area (Å²) in [6.45, 7) is 4.61. The first-order valence-corrected chi connectivity index (χ1v) is 27.7. The van der Waals surface area contributed by atoms with E-state index >= 15 is 0 Å². The summed E-state index contributed by atoms with van der Waals surface area (Å²) in [6, 6.07) is 0.889. The number of hydrogen-bond donors (Lipinski definition) is 1. The second-order valence-corrected chi connectivity index (χ2v) is 29.2. The minimum Gasteiger partial charge on any atom is -0.432 e. The molecule has 0 saturated heterocycles. The van der Waals surface area contributed by atoms with Gasteiger partial charge in [-0.15, -0.1) is 0 Å². The van der Waals surface area contributed by atoms with Crippen molar-refractivity contribution in [2.75, 3.05) is 0 Å². The van der Waals surface area contributed by atoms with Gasteiger partial charge in [0.05, 0.1) is 0 Å². The summed E-state index contributed by atoms with van der Waals surface area (Å²) in [7, 11) is -2.74. The molecule has 4 aliphatic carbocycles. The van der Waals surface area contributed by atoms with Crippen LogP contribution in [0.4, 0.5) is 0 Å². The average molecular weight is 811 g/mol. The Morgan fingerprint density at radius 3 is 0.569 bits per heavy atom. The van der Waals surface area contributed by atoms with E-state index in [4.69, 9.17) is 0 Å². The minimum absolute atomic E-state index is 0.229. The van der Waals surface area contributed by atoms with Gasteiger partial charge in [0.1, 0.15) is 0 Å². The fourth-order valence-electron chi connectivity index (χ4n) is 24.3. The number of benzene rings is 18. The zero-order chi connectivity index (χ0) is 38.8. The summed E-state index contributed by atoms with van der Waals surface area (Å²) in [5, 5.41) is 88.9. The van der Waals surface area contributed by atoms with Gasteiger partial charge in [-0.3, -0.25) is 0 Å². The van der Waals surface area contributed by atoms with Crippen LogP contribution < -0.4 is 0 Å². The van der Waals surface area contributed by atoms with Crippen molar-refractivity contribution in [3.8, 4) is 0 Å². The smallest absolute Gasteiger partial charge is 0.183 e. The van der Waals surface area contributed by atoms with Gasteiger partial charge in [-0.05, 0) is 332 Å². The lowest BCUT2D eigenvalue weighted by molar-refractivity contribution is 0.468. The van der Waals surface area contributed by atoms with Crippen molar-refractivity contribution in [1.82, 2.24) is 0 Å². The molecule has 0 fully saturated rings. The third kappa shape index (κ3) is 1.27. The van der Waals surface area contributed by atoms with Crippen molar-refractivity contribution in [3.63, 3.8) is 0 Å². The molecule has 0 amide bonds. The van der Waals surface area contributed by atoms with E-state index in [-0.39, 0.29) is 11.3 Å². The van der Waals surface area contributed by atoms with E-state index in [1.165, 1.54) is 0 Å². The molecule has 0 aliphatic heterocycles. The molecule has 28 aromatic rings. The van der Waals surface area contributed by atoms with Crippen molar-refractivity contribution in [3.05, 3.63) is 22.3 Å². The van der Waals surface area contributed by atoms with Crippen LogP contribution in [-0.4, -0.2) is 13.1 Å². The van der Waals surface area contributed by atoms with Gasteiger partial charge in [-0.25, -0.2) is 0 Å². The van der Waals surface area contributed by atoms with E-state index < -0.39 is 8.32 Å². The summed E-state index contributed by atoms with van der Waals surface area (Å²) in [5.74, 6) is 0.229. The van der Waals surface area contributed by atoms with Gasteiger partial charge >= 0.3 is 0 Å². The first kappa shape index (κ1) is 24.1. The Bertz CT molecular complexity index is 6750. The molecule has 32 rings (SSSR count). The highest BCUT2D eigenvalue weighted by molar-refractivity contribution is 6.82. The Balaban J connectivity index is 1.27. The van der Waals surface area contributed by atoms with Gasteiger partial charge in [0, 0.05) is 11.3 Å². The lowest BCUT2D eigenvalue weighted by Gasteiger charge is -2.47. The number of hydrogen-bond acceptors (Lipinski definition) is 1. The van der Waals surface area contributed by atoms with E-state index in [2.05, 4.69) is 13.1 Å². The molecule has 0 atom stereocenters. The highest BCUT2D eigenvalue weighted by Gasteiger charge is 2.64. The third-order valence-corrected chi connectivity index (χ3v) is 25.4. The maximum atomic E-state index is 13.0. The molecule has 0 unspecified atom stereocenters. The zero-order valence-electron chi connectivity index (χ0n) is 33.7.